The molecule has 1 amide bonds. The number of rotatable bonds is 2. The zero-order valence-electron chi connectivity index (χ0n) is 13.2. The van der Waals surface area contributed by atoms with Crippen LogP contribution in [0.1, 0.15) is 33.6 Å². The molecule has 4 nitrogen and oxygen atoms in total. The van der Waals surface area contributed by atoms with Gasteiger partial charge in [-0.3, -0.25) is 0 Å². The number of halogens is 2. The highest BCUT2D eigenvalue weighted by Crippen LogP contribution is 2.22. The first-order chi connectivity index (χ1) is 10.2. The molecular formula is C16H22BrFN2O2. The molecule has 0 radical (unpaired) electrons. The maximum absolute atomic E-state index is 13.4. The van der Waals surface area contributed by atoms with E-state index in [9.17, 15) is 9.18 Å². The second-order valence-corrected chi connectivity index (χ2v) is 7.48. The highest BCUT2D eigenvalue weighted by molar-refractivity contribution is 9.10. The first-order valence-corrected chi connectivity index (χ1v) is 8.23. The van der Waals surface area contributed by atoms with Crippen molar-refractivity contribution < 1.29 is 13.9 Å². The quantitative estimate of drug-likeness (QED) is 0.836. The Morgan fingerprint density at radius 2 is 2.14 bits per heavy atom. The maximum Gasteiger partial charge on any atom is 0.410 e. The lowest BCUT2D eigenvalue weighted by Gasteiger charge is -2.34. The van der Waals surface area contributed by atoms with Crippen molar-refractivity contribution >= 4 is 27.7 Å². The molecule has 1 heterocycles. The normalized spacial score (nSPS) is 19.0. The van der Waals surface area contributed by atoms with Gasteiger partial charge in [0.05, 0.1) is 0 Å². The topological polar surface area (TPSA) is 41.6 Å². The van der Waals surface area contributed by atoms with E-state index in [1.54, 1.807) is 4.90 Å². The molecule has 1 aliphatic rings. The van der Waals surface area contributed by atoms with Crippen LogP contribution in [0.25, 0.3) is 0 Å². The van der Waals surface area contributed by atoms with Gasteiger partial charge in [0.1, 0.15) is 11.4 Å². The number of nitrogens with one attached hydrogen (secondary N) is 1. The van der Waals surface area contributed by atoms with E-state index in [0.717, 1.165) is 12.8 Å². The summed E-state index contributed by atoms with van der Waals surface area (Å²) in [5.41, 5.74) is 0.216. The zero-order valence-corrected chi connectivity index (χ0v) is 14.7. The Bertz CT molecular complexity index is 525. The molecule has 1 aliphatic heterocycles. The van der Waals surface area contributed by atoms with Gasteiger partial charge in [0, 0.05) is 29.3 Å². The third kappa shape index (κ3) is 5.16. The molecule has 0 spiro atoms. The van der Waals surface area contributed by atoms with E-state index >= 15 is 0 Å². The van der Waals surface area contributed by atoms with E-state index in [1.165, 1.54) is 12.1 Å². The summed E-state index contributed by atoms with van der Waals surface area (Å²) in [5, 5.41) is 3.29. The minimum Gasteiger partial charge on any atom is -0.444 e. The standard InChI is InChI=1S/C16H22BrFN2O2/c1-16(2,3)22-15(21)20-6-4-5-13(10-20)19-14-8-11(17)7-12(18)9-14/h7-9,13,19H,4-6,10H2,1-3H3/t13-/m1/s1. The van der Waals surface area contributed by atoms with Crippen molar-refractivity contribution in [2.45, 2.75) is 45.3 Å². The van der Waals surface area contributed by atoms with Crippen LogP contribution in [-0.2, 0) is 4.74 Å². The maximum atomic E-state index is 13.4. The fourth-order valence-corrected chi connectivity index (χ4v) is 2.93. The third-order valence-corrected chi connectivity index (χ3v) is 3.76. The third-order valence-electron chi connectivity index (χ3n) is 3.31. The van der Waals surface area contributed by atoms with Crippen molar-refractivity contribution in [2.24, 2.45) is 0 Å². The van der Waals surface area contributed by atoms with E-state index < -0.39 is 5.60 Å². The number of nitrogens with zero attached hydrogens (tertiary/aromatic N) is 1. The van der Waals surface area contributed by atoms with Crippen molar-refractivity contribution in [1.29, 1.82) is 0 Å². The molecule has 1 saturated heterocycles. The number of amides is 1. The predicted molar refractivity (Wildman–Crippen MR) is 88.6 cm³/mol. The Hall–Kier alpha value is -1.30. The summed E-state index contributed by atoms with van der Waals surface area (Å²) in [6, 6.07) is 4.79. The van der Waals surface area contributed by atoms with Gasteiger partial charge < -0.3 is 15.0 Å². The average Bonchev–Trinajstić information content (AvgIpc) is 2.35. The molecule has 0 aromatic heterocycles. The number of hydrogen-bond donors (Lipinski definition) is 1. The van der Waals surface area contributed by atoms with Gasteiger partial charge in [-0.05, 0) is 51.8 Å². The minimum absolute atomic E-state index is 0.0926. The van der Waals surface area contributed by atoms with Crippen molar-refractivity contribution in [3.05, 3.63) is 28.5 Å². The number of piperidine rings is 1. The molecule has 6 heteroatoms. The molecule has 1 N–H and O–H groups in total. The lowest BCUT2D eigenvalue weighted by atomic mass is 10.1. The minimum atomic E-state index is -0.495. The zero-order chi connectivity index (χ0) is 16.3. The van der Waals surface area contributed by atoms with Gasteiger partial charge >= 0.3 is 6.09 Å². The molecule has 1 fully saturated rings. The SMILES string of the molecule is CC(C)(C)OC(=O)N1CCC[C@@H](Nc2cc(F)cc(Br)c2)C1. The van der Waals surface area contributed by atoms with E-state index in [-0.39, 0.29) is 18.0 Å². The fraction of sp³-hybridized carbons (Fsp3) is 0.562. The number of carbonyl (C=O) groups excluding carboxylic acids is 1. The first-order valence-electron chi connectivity index (χ1n) is 7.43. The smallest absolute Gasteiger partial charge is 0.410 e. The van der Waals surface area contributed by atoms with E-state index in [0.29, 0.717) is 23.2 Å². The highest BCUT2D eigenvalue weighted by Gasteiger charge is 2.27. The lowest BCUT2D eigenvalue weighted by molar-refractivity contribution is 0.0206. The molecule has 1 atom stereocenters. The molecule has 0 unspecified atom stereocenters. The van der Waals surface area contributed by atoms with Gasteiger partial charge in [0.2, 0.25) is 0 Å². The summed E-state index contributed by atoms with van der Waals surface area (Å²) in [7, 11) is 0. The summed E-state index contributed by atoms with van der Waals surface area (Å²) in [5.74, 6) is -0.295. The van der Waals surface area contributed by atoms with E-state index in [1.807, 2.05) is 26.8 Å². The van der Waals surface area contributed by atoms with Crippen LogP contribution in [0.5, 0.6) is 0 Å². The molecule has 122 valence electrons. The number of hydrogen-bond acceptors (Lipinski definition) is 3. The van der Waals surface area contributed by atoms with Crippen LogP contribution >= 0.6 is 15.9 Å². The summed E-state index contributed by atoms with van der Waals surface area (Å²) in [6.07, 6.45) is 1.54. The number of carbonyl (C=O) groups is 1. The van der Waals surface area contributed by atoms with Gasteiger partial charge in [-0.15, -0.1) is 0 Å². The second-order valence-electron chi connectivity index (χ2n) is 6.57. The molecular weight excluding hydrogens is 351 g/mol. The van der Waals surface area contributed by atoms with E-state index in [2.05, 4.69) is 21.2 Å². The van der Waals surface area contributed by atoms with Crippen molar-refractivity contribution in [3.8, 4) is 0 Å². The van der Waals surface area contributed by atoms with E-state index in [4.69, 9.17) is 4.74 Å². The second kappa shape index (κ2) is 6.86. The Labute approximate surface area is 139 Å². The molecule has 0 saturated carbocycles. The fourth-order valence-electron chi connectivity index (χ4n) is 2.46. The summed E-state index contributed by atoms with van der Waals surface area (Å²) in [6.45, 7) is 6.82. The van der Waals surface area contributed by atoms with Gasteiger partial charge in [-0.25, -0.2) is 9.18 Å². The van der Waals surface area contributed by atoms with Crippen LogP contribution in [0, 0.1) is 5.82 Å². The number of benzene rings is 1. The first kappa shape index (κ1) is 17.1. The molecule has 1 aromatic carbocycles. The molecule has 22 heavy (non-hydrogen) atoms. The highest BCUT2D eigenvalue weighted by atomic mass is 79.9. The number of likely N-dealkylation sites (tertiary alicyclic amines) is 1. The van der Waals surface area contributed by atoms with Crippen LogP contribution in [0.3, 0.4) is 0 Å². The van der Waals surface area contributed by atoms with Gasteiger partial charge in [-0.2, -0.15) is 0 Å². The number of anilines is 1. The summed E-state index contributed by atoms with van der Waals surface area (Å²) in [4.78, 5) is 13.8. The molecule has 0 aliphatic carbocycles. The monoisotopic (exact) mass is 372 g/mol. The van der Waals surface area contributed by atoms with Crippen LogP contribution < -0.4 is 5.32 Å². The average molecular weight is 373 g/mol. The summed E-state index contributed by atoms with van der Waals surface area (Å²) < 4.78 is 19.5. The number of ether oxygens (including phenoxy) is 1. The molecule has 0 bridgehead atoms. The molecule has 1 aromatic rings. The van der Waals surface area contributed by atoms with Crippen LogP contribution in [0.2, 0.25) is 0 Å². The van der Waals surface area contributed by atoms with Gasteiger partial charge in [0.15, 0.2) is 0 Å². The van der Waals surface area contributed by atoms with Crippen molar-refractivity contribution in [3.63, 3.8) is 0 Å². The van der Waals surface area contributed by atoms with Crippen LogP contribution in [-0.4, -0.2) is 35.7 Å². The van der Waals surface area contributed by atoms with Crippen molar-refractivity contribution in [2.75, 3.05) is 18.4 Å². The summed E-state index contributed by atoms with van der Waals surface area (Å²) >= 11 is 3.28. The van der Waals surface area contributed by atoms with Gasteiger partial charge in [0.25, 0.3) is 0 Å². The Morgan fingerprint density at radius 3 is 2.77 bits per heavy atom. The lowest BCUT2D eigenvalue weighted by Crippen LogP contribution is -2.46. The van der Waals surface area contributed by atoms with Crippen LogP contribution in [0.4, 0.5) is 14.9 Å². The molecule has 2 rings (SSSR count). The Morgan fingerprint density at radius 1 is 1.41 bits per heavy atom. The largest absolute Gasteiger partial charge is 0.444 e. The van der Waals surface area contributed by atoms with Crippen LogP contribution in [0.15, 0.2) is 22.7 Å². The Balaban J connectivity index is 1.97. The Kier molecular flexibility index (Phi) is 5.32. The van der Waals surface area contributed by atoms with Crippen molar-refractivity contribution in [1.82, 2.24) is 4.90 Å². The predicted octanol–water partition coefficient (Wildman–Crippen LogP) is 4.40. The van der Waals surface area contributed by atoms with Gasteiger partial charge in [-0.1, -0.05) is 15.9 Å².